The normalized spacial score (nSPS) is 16.5. The molecule has 4 aromatic carbocycles. The molecule has 1 aromatic heterocycles. The number of amides is 4. The molecule has 7 rings (SSSR count). The average molecular weight is 621 g/mol. The molecule has 0 radical (unpaired) electrons. The molecule has 0 saturated heterocycles. The molecule has 0 aliphatic carbocycles. The maximum atomic E-state index is 13.8. The van der Waals surface area contributed by atoms with Gasteiger partial charge in [0.1, 0.15) is 0 Å². The van der Waals surface area contributed by atoms with Crippen LogP contribution >= 0.6 is 11.6 Å². The summed E-state index contributed by atoms with van der Waals surface area (Å²) in [7, 11) is 0. The molecule has 0 fully saturated rings. The van der Waals surface area contributed by atoms with Crippen LogP contribution in [0.3, 0.4) is 0 Å². The quantitative estimate of drug-likeness (QED) is 0.178. The Morgan fingerprint density at radius 3 is 2.02 bits per heavy atom. The number of nitrogens with one attached hydrogen (secondary N) is 2. The molecule has 4 amide bonds. The summed E-state index contributed by atoms with van der Waals surface area (Å²) in [5.41, 5.74) is 2.38. The second-order valence-electron chi connectivity index (χ2n) is 11.3. The summed E-state index contributed by atoms with van der Waals surface area (Å²) < 4.78 is 1.85. The van der Waals surface area contributed by atoms with Crippen LogP contribution in [0.5, 0.6) is 0 Å². The first-order valence-electron chi connectivity index (χ1n) is 14.7. The van der Waals surface area contributed by atoms with E-state index in [1.165, 1.54) is 9.80 Å². The van der Waals surface area contributed by atoms with Crippen LogP contribution in [0.1, 0.15) is 68.6 Å². The first kappa shape index (κ1) is 28.8. The summed E-state index contributed by atoms with van der Waals surface area (Å²) in [5.74, 6) is -1.74. The molecule has 3 atom stereocenters. The Morgan fingerprint density at radius 2 is 1.38 bits per heavy atom. The minimum absolute atomic E-state index is 0.276. The van der Waals surface area contributed by atoms with Gasteiger partial charge in [0.2, 0.25) is 0 Å². The summed E-state index contributed by atoms with van der Waals surface area (Å²) >= 11 is 6.47. The van der Waals surface area contributed by atoms with Crippen molar-refractivity contribution in [2.75, 3.05) is 0 Å². The largest absolute Gasteiger partial charge is 0.306 e. The molecule has 5 aromatic rings. The highest BCUT2D eigenvalue weighted by molar-refractivity contribution is 6.38. The Morgan fingerprint density at radius 1 is 0.756 bits per heavy atom. The molecule has 11 heteroatoms. The number of imide groups is 2. The molecule has 45 heavy (non-hydrogen) atoms. The van der Waals surface area contributed by atoms with Gasteiger partial charge in [0.25, 0.3) is 23.6 Å². The third kappa shape index (κ3) is 4.44. The van der Waals surface area contributed by atoms with Crippen molar-refractivity contribution in [3.63, 3.8) is 0 Å². The summed E-state index contributed by atoms with van der Waals surface area (Å²) in [5, 5.41) is 9.62. The highest BCUT2D eigenvalue weighted by Crippen LogP contribution is 2.36. The number of benzene rings is 4. The van der Waals surface area contributed by atoms with Crippen molar-refractivity contribution in [1.29, 1.82) is 0 Å². The van der Waals surface area contributed by atoms with Crippen LogP contribution in [0.4, 0.5) is 0 Å². The van der Waals surface area contributed by atoms with Crippen molar-refractivity contribution in [2.24, 2.45) is 0 Å². The number of carbonyl (C=O) groups is 4. The molecule has 2 aliphatic heterocycles. The Bertz CT molecular complexity index is 2040. The number of nitrogens with zero attached hydrogens (tertiary/aromatic N) is 4. The zero-order valence-electron chi connectivity index (χ0n) is 24.7. The number of hydrogen-bond acceptors (Lipinski definition) is 7. The standard InChI is InChI=1S/C34H29ClN6O4/c1-4-27(38-19(3)41-31(42)22-9-5-7-20-11-13-25(35)30(28(20)22)34(41)45)37-18(2)40-32(43)23-10-6-8-21-26(39-16-15-36-17-39)14-12-24(29(21)23)33(40)44/h5-19,27,37-38H,4H2,1-3H3. The second-order valence-corrected chi connectivity index (χ2v) is 11.7. The minimum Gasteiger partial charge on any atom is -0.306 e. The number of carbonyl (C=O) groups excluding carboxylic acids is 4. The Balaban J connectivity index is 1.13. The number of hydrogen-bond donors (Lipinski definition) is 2. The number of halogens is 1. The molecule has 3 heterocycles. The Labute approximate surface area is 263 Å². The van der Waals surface area contributed by atoms with Gasteiger partial charge in [-0.05, 0) is 56.0 Å². The smallest absolute Gasteiger partial charge is 0.264 e. The van der Waals surface area contributed by atoms with Gasteiger partial charge < -0.3 is 4.57 Å². The topological polar surface area (TPSA) is 117 Å². The number of aromatic nitrogens is 2. The fraction of sp³-hybridized carbons (Fsp3) is 0.206. The third-order valence-electron chi connectivity index (χ3n) is 8.64. The Hall–Kier alpha value is -4.90. The second kappa shape index (κ2) is 10.9. The lowest BCUT2D eigenvalue weighted by molar-refractivity contribution is 0.0473. The maximum absolute atomic E-state index is 13.8. The molecule has 2 aliphatic rings. The highest BCUT2D eigenvalue weighted by atomic mass is 35.5. The predicted octanol–water partition coefficient (Wildman–Crippen LogP) is 5.33. The predicted molar refractivity (Wildman–Crippen MR) is 170 cm³/mol. The fourth-order valence-corrected chi connectivity index (χ4v) is 6.77. The van der Waals surface area contributed by atoms with Crippen LogP contribution < -0.4 is 10.6 Å². The molecule has 3 unspecified atom stereocenters. The Kier molecular flexibility index (Phi) is 7.00. The molecular formula is C34H29ClN6O4. The van der Waals surface area contributed by atoms with Crippen molar-refractivity contribution in [3.8, 4) is 5.69 Å². The van der Waals surface area contributed by atoms with Gasteiger partial charge >= 0.3 is 0 Å². The van der Waals surface area contributed by atoms with Crippen molar-refractivity contribution in [3.05, 3.63) is 107 Å². The summed E-state index contributed by atoms with van der Waals surface area (Å²) in [4.78, 5) is 61.4. The van der Waals surface area contributed by atoms with E-state index in [1.54, 1.807) is 62.8 Å². The van der Waals surface area contributed by atoms with Gasteiger partial charge in [-0.1, -0.05) is 48.9 Å². The van der Waals surface area contributed by atoms with Gasteiger partial charge in [0, 0.05) is 45.2 Å². The molecule has 0 saturated carbocycles. The van der Waals surface area contributed by atoms with Crippen LogP contribution in [0.15, 0.2) is 79.4 Å². The number of imidazole rings is 1. The van der Waals surface area contributed by atoms with E-state index >= 15 is 0 Å². The van der Waals surface area contributed by atoms with E-state index in [0.29, 0.717) is 39.4 Å². The SMILES string of the molecule is CCC(NC(C)N1C(=O)c2cccc3ccc(Cl)c(c23)C1=O)NC(C)N1C(=O)c2cccc3c(-n4ccnc4)ccc(c23)C1=O. The summed E-state index contributed by atoms with van der Waals surface area (Å²) in [6, 6.07) is 17.8. The van der Waals surface area contributed by atoms with Gasteiger partial charge in [-0.25, -0.2) is 4.98 Å². The van der Waals surface area contributed by atoms with Crippen molar-refractivity contribution in [1.82, 2.24) is 30.0 Å². The van der Waals surface area contributed by atoms with Crippen molar-refractivity contribution < 1.29 is 19.2 Å². The average Bonchev–Trinajstić information content (AvgIpc) is 3.57. The number of rotatable bonds is 8. The zero-order chi connectivity index (χ0) is 31.6. The van der Waals surface area contributed by atoms with Gasteiger partial charge in [-0.15, -0.1) is 0 Å². The van der Waals surface area contributed by atoms with E-state index in [4.69, 9.17) is 11.6 Å². The van der Waals surface area contributed by atoms with Gasteiger partial charge in [0.15, 0.2) is 0 Å². The van der Waals surface area contributed by atoms with E-state index < -0.39 is 42.1 Å². The lowest BCUT2D eigenvalue weighted by Gasteiger charge is -2.38. The molecule has 226 valence electrons. The van der Waals surface area contributed by atoms with Crippen LogP contribution in [0.2, 0.25) is 5.02 Å². The molecule has 10 nitrogen and oxygen atoms in total. The van der Waals surface area contributed by atoms with Crippen LogP contribution in [-0.4, -0.2) is 61.5 Å². The van der Waals surface area contributed by atoms with Gasteiger partial charge in [-0.2, -0.15) is 0 Å². The minimum atomic E-state index is -0.738. The lowest BCUT2D eigenvalue weighted by Crippen LogP contribution is -2.61. The highest BCUT2D eigenvalue weighted by Gasteiger charge is 2.39. The van der Waals surface area contributed by atoms with Crippen molar-refractivity contribution >= 4 is 56.8 Å². The van der Waals surface area contributed by atoms with E-state index in [-0.39, 0.29) is 5.02 Å². The maximum Gasteiger partial charge on any atom is 0.264 e. The molecule has 0 spiro atoms. The monoisotopic (exact) mass is 620 g/mol. The first-order chi connectivity index (χ1) is 21.7. The molecule has 2 N–H and O–H groups in total. The summed E-state index contributed by atoms with van der Waals surface area (Å²) in [6.45, 7) is 5.38. The fourth-order valence-electron chi connectivity index (χ4n) is 6.53. The first-order valence-corrected chi connectivity index (χ1v) is 15.1. The molecule has 0 bridgehead atoms. The van der Waals surface area contributed by atoms with Crippen molar-refractivity contribution in [2.45, 2.75) is 45.7 Å². The van der Waals surface area contributed by atoms with E-state index in [9.17, 15) is 19.2 Å². The van der Waals surface area contributed by atoms with E-state index in [2.05, 4.69) is 15.6 Å². The third-order valence-corrected chi connectivity index (χ3v) is 8.96. The van der Waals surface area contributed by atoms with Gasteiger partial charge in [0.05, 0.1) is 41.1 Å². The van der Waals surface area contributed by atoms with Crippen LogP contribution in [-0.2, 0) is 0 Å². The van der Waals surface area contributed by atoms with Crippen LogP contribution in [0, 0.1) is 0 Å². The molecular weight excluding hydrogens is 592 g/mol. The summed E-state index contributed by atoms with van der Waals surface area (Å²) in [6.07, 6.45) is 3.75. The van der Waals surface area contributed by atoms with Gasteiger partial charge in [-0.3, -0.25) is 39.6 Å². The zero-order valence-corrected chi connectivity index (χ0v) is 25.5. The van der Waals surface area contributed by atoms with E-state index in [1.807, 2.05) is 42.0 Å². The lowest BCUT2D eigenvalue weighted by atomic mass is 9.92. The van der Waals surface area contributed by atoms with E-state index in [0.717, 1.165) is 16.5 Å². The van der Waals surface area contributed by atoms with Crippen LogP contribution in [0.25, 0.3) is 27.2 Å².